The van der Waals surface area contributed by atoms with E-state index >= 15 is 0 Å². The van der Waals surface area contributed by atoms with E-state index < -0.39 is 5.97 Å². The predicted octanol–water partition coefficient (Wildman–Crippen LogP) is 3.14. The number of nitrogens with one attached hydrogen (secondary N) is 1. The molecule has 6 heteroatoms. The van der Waals surface area contributed by atoms with Crippen molar-refractivity contribution in [3.63, 3.8) is 0 Å². The van der Waals surface area contributed by atoms with Crippen molar-refractivity contribution in [2.75, 3.05) is 13.2 Å². The standard InChI is InChI=1S/C21H22N2O4/c1-2-6-19(17-7-4-3-5-8-17)23-20(24)14-27-21(25)15-26-18-11-9-16(13-22)10-12-18/h3-5,7-12,19H,2,6,14-15H2,1H3,(H,23,24)/t19-/m0/s1. The third-order valence-corrected chi connectivity index (χ3v) is 3.82. The molecule has 2 aromatic rings. The van der Waals surface area contributed by atoms with Gasteiger partial charge in [-0.15, -0.1) is 0 Å². The minimum absolute atomic E-state index is 0.114. The Morgan fingerprint density at radius 3 is 2.41 bits per heavy atom. The minimum atomic E-state index is -0.638. The van der Waals surface area contributed by atoms with E-state index in [0.29, 0.717) is 11.3 Å². The van der Waals surface area contributed by atoms with Gasteiger partial charge in [0.25, 0.3) is 5.91 Å². The highest BCUT2D eigenvalue weighted by molar-refractivity contribution is 5.81. The van der Waals surface area contributed by atoms with Crippen LogP contribution >= 0.6 is 0 Å². The molecule has 0 saturated heterocycles. The quantitative estimate of drug-likeness (QED) is 0.689. The molecule has 0 aliphatic heterocycles. The SMILES string of the molecule is CCC[C@H](NC(=O)COC(=O)COc1ccc(C#N)cc1)c1ccccc1. The molecule has 0 saturated carbocycles. The Labute approximate surface area is 158 Å². The first kappa shape index (κ1) is 20.0. The molecular weight excluding hydrogens is 344 g/mol. The molecule has 0 radical (unpaired) electrons. The van der Waals surface area contributed by atoms with E-state index in [9.17, 15) is 9.59 Å². The van der Waals surface area contributed by atoms with Crippen molar-refractivity contribution in [1.82, 2.24) is 5.32 Å². The van der Waals surface area contributed by atoms with Gasteiger partial charge in [-0.25, -0.2) is 4.79 Å². The van der Waals surface area contributed by atoms with Crippen LogP contribution in [-0.2, 0) is 14.3 Å². The second-order valence-electron chi connectivity index (χ2n) is 5.90. The number of carbonyl (C=O) groups excluding carboxylic acids is 2. The molecule has 0 heterocycles. The molecular formula is C21H22N2O4. The molecule has 0 aliphatic carbocycles. The van der Waals surface area contributed by atoms with Crippen LogP contribution in [0.1, 0.15) is 36.9 Å². The number of amides is 1. The first-order valence-electron chi connectivity index (χ1n) is 8.75. The maximum absolute atomic E-state index is 12.1. The van der Waals surface area contributed by atoms with E-state index in [4.69, 9.17) is 14.7 Å². The van der Waals surface area contributed by atoms with Crippen LogP contribution in [0.3, 0.4) is 0 Å². The molecule has 0 aliphatic rings. The Morgan fingerprint density at radius 2 is 1.78 bits per heavy atom. The molecule has 2 rings (SSSR count). The highest BCUT2D eigenvalue weighted by atomic mass is 16.6. The summed E-state index contributed by atoms with van der Waals surface area (Å²) in [5.74, 6) is -0.548. The minimum Gasteiger partial charge on any atom is -0.482 e. The maximum atomic E-state index is 12.1. The van der Waals surface area contributed by atoms with E-state index in [1.54, 1.807) is 24.3 Å². The summed E-state index contributed by atoms with van der Waals surface area (Å²) in [5, 5.41) is 11.6. The second-order valence-corrected chi connectivity index (χ2v) is 5.90. The first-order chi connectivity index (χ1) is 13.1. The van der Waals surface area contributed by atoms with E-state index in [1.807, 2.05) is 43.3 Å². The zero-order valence-electron chi connectivity index (χ0n) is 15.2. The molecule has 1 atom stereocenters. The summed E-state index contributed by atoms with van der Waals surface area (Å²) in [5.41, 5.74) is 1.52. The van der Waals surface area contributed by atoms with Gasteiger partial charge < -0.3 is 14.8 Å². The van der Waals surface area contributed by atoms with Crippen LogP contribution in [0.2, 0.25) is 0 Å². The van der Waals surface area contributed by atoms with Crippen molar-refractivity contribution in [2.45, 2.75) is 25.8 Å². The highest BCUT2D eigenvalue weighted by Crippen LogP contribution is 2.18. The Hall–Kier alpha value is -3.33. The maximum Gasteiger partial charge on any atom is 0.344 e. The Bertz CT molecular complexity index is 782. The summed E-state index contributed by atoms with van der Waals surface area (Å²) in [6.07, 6.45) is 1.71. The van der Waals surface area contributed by atoms with Crippen LogP contribution in [0, 0.1) is 11.3 Å². The average Bonchev–Trinajstić information content (AvgIpc) is 2.71. The second kappa shape index (κ2) is 10.6. The topological polar surface area (TPSA) is 88.4 Å². The van der Waals surface area contributed by atoms with E-state index in [0.717, 1.165) is 18.4 Å². The van der Waals surface area contributed by atoms with Gasteiger partial charge in [0.05, 0.1) is 17.7 Å². The van der Waals surface area contributed by atoms with Crippen molar-refractivity contribution in [2.24, 2.45) is 0 Å². The molecule has 2 aromatic carbocycles. The number of nitriles is 1. The van der Waals surface area contributed by atoms with Crippen molar-refractivity contribution in [3.05, 3.63) is 65.7 Å². The number of esters is 1. The van der Waals surface area contributed by atoms with Gasteiger partial charge in [-0.1, -0.05) is 43.7 Å². The fourth-order valence-electron chi connectivity index (χ4n) is 2.49. The zero-order valence-corrected chi connectivity index (χ0v) is 15.2. The van der Waals surface area contributed by atoms with Crippen LogP contribution in [0.4, 0.5) is 0 Å². The molecule has 0 spiro atoms. The summed E-state index contributed by atoms with van der Waals surface area (Å²) in [6.45, 7) is 1.38. The van der Waals surface area contributed by atoms with Gasteiger partial charge in [-0.2, -0.15) is 5.26 Å². The monoisotopic (exact) mass is 366 g/mol. The number of carbonyl (C=O) groups is 2. The van der Waals surface area contributed by atoms with Crippen molar-refractivity contribution >= 4 is 11.9 Å². The largest absolute Gasteiger partial charge is 0.482 e. The first-order valence-corrected chi connectivity index (χ1v) is 8.75. The van der Waals surface area contributed by atoms with Crippen molar-refractivity contribution < 1.29 is 19.1 Å². The summed E-state index contributed by atoms with van der Waals surface area (Å²) < 4.78 is 10.2. The van der Waals surface area contributed by atoms with Gasteiger partial charge in [0.1, 0.15) is 5.75 Å². The van der Waals surface area contributed by atoms with Gasteiger partial charge >= 0.3 is 5.97 Å². The number of ether oxygens (including phenoxy) is 2. The van der Waals surface area contributed by atoms with Crippen LogP contribution < -0.4 is 10.1 Å². The lowest BCUT2D eigenvalue weighted by atomic mass is 10.0. The summed E-state index contributed by atoms with van der Waals surface area (Å²) in [4.78, 5) is 23.8. The van der Waals surface area contributed by atoms with E-state index in [1.165, 1.54) is 0 Å². The Balaban J connectivity index is 1.76. The van der Waals surface area contributed by atoms with Gasteiger partial charge in [-0.3, -0.25) is 4.79 Å². The summed E-state index contributed by atoms with van der Waals surface area (Å²) in [6, 6.07) is 17.9. The third kappa shape index (κ3) is 6.83. The van der Waals surface area contributed by atoms with E-state index in [-0.39, 0.29) is 25.2 Å². The zero-order chi connectivity index (χ0) is 19.5. The third-order valence-electron chi connectivity index (χ3n) is 3.82. The number of benzene rings is 2. The molecule has 0 aromatic heterocycles. The fourth-order valence-corrected chi connectivity index (χ4v) is 2.49. The molecule has 0 bridgehead atoms. The van der Waals surface area contributed by atoms with Gasteiger partial charge in [0.2, 0.25) is 0 Å². The summed E-state index contributed by atoms with van der Waals surface area (Å²) >= 11 is 0. The molecule has 1 amide bonds. The number of hydrogen-bond donors (Lipinski definition) is 1. The average molecular weight is 366 g/mol. The van der Waals surface area contributed by atoms with Crippen molar-refractivity contribution in [3.8, 4) is 11.8 Å². The molecule has 6 nitrogen and oxygen atoms in total. The Kier molecular flexibility index (Phi) is 7.86. The normalized spacial score (nSPS) is 11.1. The lowest BCUT2D eigenvalue weighted by Crippen LogP contribution is -2.33. The lowest BCUT2D eigenvalue weighted by molar-refractivity contribution is -0.150. The molecule has 0 fully saturated rings. The predicted molar refractivity (Wildman–Crippen MR) is 99.8 cm³/mol. The number of hydrogen-bond acceptors (Lipinski definition) is 5. The Morgan fingerprint density at radius 1 is 1.07 bits per heavy atom. The highest BCUT2D eigenvalue weighted by Gasteiger charge is 2.15. The molecule has 27 heavy (non-hydrogen) atoms. The van der Waals surface area contributed by atoms with Gasteiger partial charge in [0, 0.05) is 0 Å². The van der Waals surface area contributed by atoms with Gasteiger partial charge in [-0.05, 0) is 36.2 Å². The molecule has 0 unspecified atom stereocenters. The fraction of sp³-hybridized carbons (Fsp3) is 0.286. The van der Waals surface area contributed by atoms with Gasteiger partial charge in [0.15, 0.2) is 13.2 Å². The number of rotatable bonds is 9. The summed E-state index contributed by atoms with van der Waals surface area (Å²) in [7, 11) is 0. The van der Waals surface area contributed by atoms with Crippen LogP contribution in [0.15, 0.2) is 54.6 Å². The molecule has 140 valence electrons. The van der Waals surface area contributed by atoms with Crippen LogP contribution in [0.25, 0.3) is 0 Å². The number of nitrogens with zero attached hydrogens (tertiary/aromatic N) is 1. The smallest absolute Gasteiger partial charge is 0.344 e. The lowest BCUT2D eigenvalue weighted by Gasteiger charge is -2.18. The van der Waals surface area contributed by atoms with Crippen LogP contribution in [0.5, 0.6) is 5.75 Å². The van der Waals surface area contributed by atoms with Crippen LogP contribution in [-0.4, -0.2) is 25.1 Å². The molecule has 1 N–H and O–H groups in total. The van der Waals surface area contributed by atoms with E-state index in [2.05, 4.69) is 5.32 Å². The van der Waals surface area contributed by atoms with Crippen molar-refractivity contribution in [1.29, 1.82) is 5.26 Å².